The number of carbonyl (C=O) groups excluding carboxylic acids is 3. The Morgan fingerprint density at radius 3 is 2.60 bits per heavy atom. The molecule has 1 fully saturated rings. The summed E-state index contributed by atoms with van der Waals surface area (Å²) in [4.78, 5) is 37.6. The number of imide groups is 1. The molecule has 3 rings (SSSR count). The van der Waals surface area contributed by atoms with E-state index in [1.165, 1.54) is 18.2 Å². The predicted octanol–water partition coefficient (Wildman–Crippen LogP) is 2.78. The van der Waals surface area contributed by atoms with Crippen LogP contribution in [0.5, 0.6) is 0 Å². The first kappa shape index (κ1) is 17.8. The number of anilines is 1. The van der Waals surface area contributed by atoms with Gasteiger partial charge in [0.15, 0.2) is 0 Å². The van der Waals surface area contributed by atoms with Gasteiger partial charge in [-0.1, -0.05) is 41.4 Å². The molecule has 0 saturated carbocycles. The number of benzene rings is 2. The summed E-state index contributed by atoms with van der Waals surface area (Å²) in [5.41, 5.74) is 0.201. The molecule has 2 amide bonds. The number of nitrogens with zero attached hydrogens (tertiary/aromatic N) is 1. The van der Waals surface area contributed by atoms with Gasteiger partial charge in [-0.3, -0.25) is 9.59 Å². The summed E-state index contributed by atoms with van der Waals surface area (Å²) in [5, 5.41) is 11.0. The van der Waals surface area contributed by atoms with E-state index in [9.17, 15) is 19.5 Å². The Bertz CT molecular complexity index is 887. The molecule has 128 valence electrons. The number of carbonyl (C=O) groups is 3. The van der Waals surface area contributed by atoms with Crippen LogP contribution in [-0.4, -0.2) is 23.0 Å². The molecule has 8 heteroatoms. The smallest absolute Gasteiger partial charge is 0.247 e. The zero-order valence-electron chi connectivity index (χ0n) is 12.6. The highest BCUT2D eigenvalue weighted by Gasteiger charge is 2.41. The molecular weight excluding hydrogens is 385 g/mol. The number of thioether (sulfide) groups is 1. The average molecular weight is 395 g/mol. The quantitative estimate of drug-likeness (QED) is 0.744. The minimum atomic E-state index is -1.34. The molecule has 25 heavy (non-hydrogen) atoms. The fraction of sp³-hybridized carbons (Fsp3) is 0.118. The molecule has 1 aliphatic heterocycles. The van der Waals surface area contributed by atoms with Gasteiger partial charge in [0.25, 0.3) is 0 Å². The molecule has 5 nitrogen and oxygen atoms in total. The lowest BCUT2D eigenvalue weighted by molar-refractivity contribution is -0.255. The standard InChI is InChI=1S/C17H11Cl2NO4S/c18-9-5-6-11(19)12(7-9)20-15(21)8-14(16(20)22)25-13-4-2-1-3-10(13)17(23)24/h1-7,14H,8H2,(H,23,24)/p-1/t14-/m1/s1. The molecule has 0 aliphatic carbocycles. The Hall–Kier alpha value is -2.02. The number of aromatic carboxylic acids is 1. The highest BCUT2D eigenvalue weighted by atomic mass is 35.5. The number of amides is 2. The Morgan fingerprint density at radius 2 is 1.88 bits per heavy atom. The van der Waals surface area contributed by atoms with Crippen LogP contribution in [0, 0.1) is 0 Å². The molecule has 1 saturated heterocycles. The lowest BCUT2D eigenvalue weighted by Gasteiger charge is -2.17. The molecular formula is C17H10Cl2NO4S-. The third-order valence-corrected chi connectivity index (χ3v) is 5.45. The van der Waals surface area contributed by atoms with Gasteiger partial charge >= 0.3 is 0 Å². The molecule has 0 unspecified atom stereocenters. The van der Waals surface area contributed by atoms with Crippen molar-refractivity contribution in [2.75, 3.05) is 4.90 Å². The van der Waals surface area contributed by atoms with Crippen molar-refractivity contribution in [3.63, 3.8) is 0 Å². The number of carboxylic acids is 1. The first-order valence-electron chi connectivity index (χ1n) is 7.17. The van der Waals surface area contributed by atoms with Gasteiger partial charge in [-0.2, -0.15) is 0 Å². The zero-order valence-corrected chi connectivity index (χ0v) is 14.9. The number of hydrogen-bond donors (Lipinski definition) is 0. The summed E-state index contributed by atoms with van der Waals surface area (Å²) < 4.78 is 0. The maximum atomic E-state index is 12.7. The Labute approximate surface area is 157 Å². The Morgan fingerprint density at radius 1 is 1.16 bits per heavy atom. The van der Waals surface area contributed by atoms with Crippen molar-refractivity contribution in [2.45, 2.75) is 16.6 Å². The van der Waals surface area contributed by atoms with Gasteiger partial charge in [0.1, 0.15) is 0 Å². The molecule has 2 aromatic rings. The largest absolute Gasteiger partial charge is 0.545 e. The molecule has 1 atom stereocenters. The molecule has 1 heterocycles. The number of carboxylic acid groups (broad SMARTS) is 1. The summed E-state index contributed by atoms with van der Waals surface area (Å²) in [5.74, 6) is -2.22. The zero-order chi connectivity index (χ0) is 18.1. The lowest BCUT2D eigenvalue weighted by atomic mass is 10.2. The fourth-order valence-electron chi connectivity index (χ4n) is 2.50. The van der Waals surface area contributed by atoms with Crippen molar-refractivity contribution < 1.29 is 19.5 Å². The van der Waals surface area contributed by atoms with Crippen LogP contribution < -0.4 is 10.0 Å². The van der Waals surface area contributed by atoms with Crippen LogP contribution in [0.25, 0.3) is 0 Å². The molecule has 0 bridgehead atoms. The van der Waals surface area contributed by atoms with Crippen molar-refractivity contribution in [3.8, 4) is 0 Å². The van der Waals surface area contributed by atoms with Crippen molar-refractivity contribution >= 4 is 58.4 Å². The van der Waals surface area contributed by atoms with Gasteiger partial charge in [0.2, 0.25) is 11.8 Å². The minimum Gasteiger partial charge on any atom is -0.545 e. The van der Waals surface area contributed by atoms with Gasteiger partial charge in [-0.05, 0) is 24.3 Å². The molecule has 2 aromatic carbocycles. The number of rotatable bonds is 4. The van der Waals surface area contributed by atoms with Crippen LogP contribution in [0.3, 0.4) is 0 Å². The molecule has 0 N–H and O–H groups in total. The summed E-state index contributed by atoms with van der Waals surface area (Å²) in [7, 11) is 0. The average Bonchev–Trinajstić information content (AvgIpc) is 2.84. The summed E-state index contributed by atoms with van der Waals surface area (Å²) in [6.45, 7) is 0. The van der Waals surface area contributed by atoms with Crippen LogP contribution in [0.2, 0.25) is 10.0 Å². The second-order valence-corrected chi connectivity index (χ2v) is 7.35. The van der Waals surface area contributed by atoms with Gasteiger partial charge < -0.3 is 9.90 Å². The lowest BCUT2D eigenvalue weighted by Crippen LogP contribution is -2.31. The van der Waals surface area contributed by atoms with Crippen molar-refractivity contribution in [1.82, 2.24) is 0 Å². The van der Waals surface area contributed by atoms with E-state index < -0.39 is 23.0 Å². The number of hydrogen-bond acceptors (Lipinski definition) is 5. The van der Waals surface area contributed by atoms with Gasteiger partial charge in [-0.25, -0.2) is 4.90 Å². The van der Waals surface area contributed by atoms with Crippen LogP contribution in [0.15, 0.2) is 47.4 Å². The third-order valence-electron chi connectivity index (χ3n) is 3.63. The summed E-state index contributed by atoms with van der Waals surface area (Å²) in [6.07, 6.45) is -0.0618. The van der Waals surface area contributed by atoms with E-state index in [1.54, 1.807) is 24.3 Å². The van der Waals surface area contributed by atoms with Crippen molar-refractivity contribution in [1.29, 1.82) is 0 Å². The molecule has 0 spiro atoms. The van der Waals surface area contributed by atoms with Crippen LogP contribution in [0.1, 0.15) is 16.8 Å². The van der Waals surface area contributed by atoms with Gasteiger partial charge in [0.05, 0.1) is 21.9 Å². The summed E-state index contributed by atoms with van der Waals surface area (Å²) in [6, 6.07) is 10.7. The molecule has 1 aliphatic rings. The van der Waals surface area contributed by atoms with E-state index in [-0.39, 0.29) is 22.7 Å². The summed E-state index contributed by atoms with van der Waals surface area (Å²) >= 11 is 13.0. The Balaban J connectivity index is 1.90. The van der Waals surface area contributed by atoms with Gasteiger partial charge in [-0.15, -0.1) is 11.8 Å². The molecule has 0 radical (unpaired) electrons. The topological polar surface area (TPSA) is 77.5 Å². The fourth-order valence-corrected chi connectivity index (χ4v) is 4.04. The second-order valence-electron chi connectivity index (χ2n) is 5.26. The highest BCUT2D eigenvalue weighted by molar-refractivity contribution is 8.00. The maximum Gasteiger partial charge on any atom is 0.247 e. The third kappa shape index (κ3) is 3.51. The van der Waals surface area contributed by atoms with E-state index >= 15 is 0 Å². The van der Waals surface area contributed by atoms with Gasteiger partial charge in [0, 0.05) is 21.9 Å². The Kier molecular flexibility index (Phi) is 5.03. The maximum absolute atomic E-state index is 12.7. The predicted molar refractivity (Wildman–Crippen MR) is 94.0 cm³/mol. The van der Waals surface area contributed by atoms with E-state index in [2.05, 4.69) is 0 Å². The van der Waals surface area contributed by atoms with Crippen LogP contribution >= 0.6 is 35.0 Å². The van der Waals surface area contributed by atoms with Crippen molar-refractivity contribution in [3.05, 3.63) is 58.1 Å². The van der Waals surface area contributed by atoms with Crippen LogP contribution in [-0.2, 0) is 9.59 Å². The van der Waals surface area contributed by atoms with E-state index in [0.717, 1.165) is 16.7 Å². The van der Waals surface area contributed by atoms with E-state index in [4.69, 9.17) is 23.2 Å². The number of halogens is 2. The van der Waals surface area contributed by atoms with Crippen molar-refractivity contribution in [2.24, 2.45) is 0 Å². The monoisotopic (exact) mass is 394 g/mol. The van der Waals surface area contributed by atoms with E-state index in [1.807, 2.05) is 0 Å². The van der Waals surface area contributed by atoms with Crippen LogP contribution in [0.4, 0.5) is 5.69 Å². The van der Waals surface area contributed by atoms with E-state index in [0.29, 0.717) is 9.92 Å². The molecule has 0 aromatic heterocycles. The SMILES string of the molecule is O=C([O-])c1ccccc1S[C@@H]1CC(=O)N(c2cc(Cl)ccc2Cl)C1=O. The normalized spacial score (nSPS) is 17.2. The highest BCUT2D eigenvalue weighted by Crippen LogP contribution is 2.38. The first-order chi connectivity index (χ1) is 11.9. The minimum absolute atomic E-state index is 0.0213. The second kappa shape index (κ2) is 7.07. The first-order valence-corrected chi connectivity index (χ1v) is 8.81.